The monoisotopic (exact) mass is 203 g/mol. The first-order valence-electron chi connectivity index (χ1n) is 5.69. The van der Waals surface area contributed by atoms with Gasteiger partial charge in [-0.05, 0) is 36.8 Å². The Morgan fingerprint density at radius 1 is 1.13 bits per heavy atom. The minimum absolute atomic E-state index is 0.0540. The Morgan fingerprint density at radius 2 is 1.80 bits per heavy atom. The van der Waals surface area contributed by atoms with Gasteiger partial charge in [-0.25, -0.2) is 0 Å². The molecule has 2 aliphatic rings. The molecule has 0 heterocycles. The summed E-state index contributed by atoms with van der Waals surface area (Å²) in [7, 11) is 0. The van der Waals surface area contributed by atoms with Crippen molar-refractivity contribution in [1.82, 2.24) is 0 Å². The van der Waals surface area contributed by atoms with Crippen LogP contribution < -0.4 is 5.73 Å². The lowest BCUT2D eigenvalue weighted by Gasteiger charge is -2.16. The number of nitrogens with two attached hydrogens (primary N) is 1. The average Bonchev–Trinajstić information content (AvgIpc) is 3.15. The third-order valence-electron chi connectivity index (χ3n) is 3.99. The molecule has 0 aromatic heterocycles. The van der Waals surface area contributed by atoms with E-state index < -0.39 is 0 Å². The topological polar surface area (TPSA) is 46.2 Å². The largest absolute Gasteiger partial charge is 0.395 e. The molecular formula is C13H17NO. The van der Waals surface area contributed by atoms with Crippen molar-refractivity contribution in [3.05, 3.63) is 35.4 Å². The fourth-order valence-electron chi connectivity index (χ4n) is 2.27. The summed E-state index contributed by atoms with van der Waals surface area (Å²) in [4.78, 5) is 0. The first-order valence-corrected chi connectivity index (χ1v) is 5.69. The smallest absolute Gasteiger partial charge is 0.0527 e. The van der Waals surface area contributed by atoms with Gasteiger partial charge in [-0.15, -0.1) is 0 Å². The van der Waals surface area contributed by atoms with Gasteiger partial charge in [0, 0.05) is 11.0 Å². The maximum Gasteiger partial charge on any atom is 0.0527 e. The van der Waals surface area contributed by atoms with Crippen LogP contribution in [0.5, 0.6) is 0 Å². The van der Waals surface area contributed by atoms with E-state index in [9.17, 15) is 5.11 Å². The van der Waals surface area contributed by atoms with Crippen LogP contribution in [0.4, 0.5) is 0 Å². The summed E-state index contributed by atoms with van der Waals surface area (Å²) in [6, 6.07) is 8.52. The normalized spacial score (nSPS) is 24.9. The highest BCUT2D eigenvalue weighted by atomic mass is 16.3. The van der Waals surface area contributed by atoms with Gasteiger partial charge in [0.2, 0.25) is 0 Å². The zero-order valence-corrected chi connectivity index (χ0v) is 8.87. The molecule has 1 aromatic rings. The second kappa shape index (κ2) is 2.83. The van der Waals surface area contributed by atoms with E-state index in [1.165, 1.54) is 11.1 Å². The average molecular weight is 203 g/mol. The third kappa shape index (κ3) is 1.40. The van der Waals surface area contributed by atoms with Gasteiger partial charge >= 0.3 is 0 Å². The first kappa shape index (κ1) is 9.37. The van der Waals surface area contributed by atoms with E-state index in [0.29, 0.717) is 0 Å². The minimum Gasteiger partial charge on any atom is -0.395 e. The summed E-state index contributed by atoms with van der Waals surface area (Å²) in [6.07, 6.45) is 4.43. The molecule has 2 fully saturated rings. The molecule has 2 heteroatoms. The van der Waals surface area contributed by atoms with E-state index >= 15 is 0 Å². The quantitative estimate of drug-likeness (QED) is 0.784. The fourth-order valence-corrected chi connectivity index (χ4v) is 2.27. The summed E-state index contributed by atoms with van der Waals surface area (Å²) in [5, 5.41) is 9.39. The van der Waals surface area contributed by atoms with Crippen LogP contribution >= 0.6 is 0 Å². The van der Waals surface area contributed by atoms with E-state index in [1.807, 2.05) is 0 Å². The molecule has 0 amide bonds. The SMILES string of the molecule is NC1(c2cccc(C3(CO)CC3)c2)CC1. The number of rotatable bonds is 3. The van der Waals surface area contributed by atoms with Crippen LogP contribution in [0.1, 0.15) is 36.8 Å². The number of benzene rings is 1. The van der Waals surface area contributed by atoms with Gasteiger partial charge < -0.3 is 10.8 Å². The predicted octanol–water partition coefficient (Wildman–Crippen LogP) is 1.66. The number of hydrogen-bond acceptors (Lipinski definition) is 2. The standard InChI is InChI=1S/C13H17NO/c14-13(6-7-13)11-3-1-2-10(8-11)12(9-15)4-5-12/h1-3,8,15H,4-7,9,14H2. The molecular weight excluding hydrogens is 186 g/mol. The van der Waals surface area contributed by atoms with Crippen LogP contribution in [0.25, 0.3) is 0 Å². The molecule has 2 nitrogen and oxygen atoms in total. The summed E-state index contributed by atoms with van der Waals surface area (Å²) in [6.45, 7) is 0.272. The summed E-state index contributed by atoms with van der Waals surface area (Å²) in [5.74, 6) is 0. The first-order chi connectivity index (χ1) is 7.19. The molecule has 0 aliphatic heterocycles. The molecule has 3 rings (SSSR count). The third-order valence-corrected chi connectivity index (χ3v) is 3.99. The second-order valence-electron chi connectivity index (χ2n) is 5.18. The molecule has 80 valence electrons. The Balaban J connectivity index is 1.97. The summed E-state index contributed by atoms with van der Waals surface area (Å²) in [5.41, 5.74) is 8.72. The molecule has 0 saturated heterocycles. The molecule has 0 unspecified atom stereocenters. The van der Waals surface area contributed by atoms with Crippen molar-refractivity contribution in [1.29, 1.82) is 0 Å². The zero-order chi connectivity index (χ0) is 10.5. The van der Waals surface area contributed by atoms with Gasteiger partial charge in [0.1, 0.15) is 0 Å². The van der Waals surface area contributed by atoms with Gasteiger partial charge in [-0.1, -0.05) is 24.3 Å². The molecule has 2 saturated carbocycles. The molecule has 3 N–H and O–H groups in total. The minimum atomic E-state index is -0.0540. The predicted molar refractivity (Wildman–Crippen MR) is 59.5 cm³/mol. The van der Waals surface area contributed by atoms with Crippen LogP contribution in [-0.4, -0.2) is 11.7 Å². The fraction of sp³-hybridized carbons (Fsp3) is 0.538. The maximum atomic E-state index is 9.39. The van der Waals surface area contributed by atoms with Crippen molar-refractivity contribution in [3.63, 3.8) is 0 Å². The van der Waals surface area contributed by atoms with Crippen LogP contribution in [0.2, 0.25) is 0 Å². The van der Waals surface area contributed by atoms with Crippen molar-refractivity contribution in [2.75, 3.05) is 6.61 Å². The van der Waals surface area contributed by atoms with Gasteiger partial charge in [-0.2, -0.15) is 0 Å². The molecule has 0 spiro atoms. The Morgan fingerprint density at radius 3 is 2.33 bits per heavy atom. The Bertz CT molecular complexity index is 391. The van der Waals surface area contributed by atoms with Crippen molar-refractivity contribution in [3.8, 4) is 0 Å². The molecule has 2 aliphatic carbocycles. The highest BCUT2D eigenvalue weighted by Crippen LogP contribution is 2.49. The van der Waals surface area contributed by atoms with E-state index in [0.717, 1.165) is 25.7 Å². The molecule has 0 bridgehead atoms. The Hall–Kier alpha value is -0.860. The van der Waals surface area contributed by atoms with E-state index in [4.69, 9.17) is 5.73 Å². The van der Waals surface area contributed by atoms with Gasteiger partial charge in [-0.3, -0.25) is 0 Å². The molecule has 0 atom stereocenters. The van der Waals surface area contributed by atoms with Crippen LogP contribution in [0.3, 0.4) is 0 Å². The lowest BCUT2D eigenvalue weighted by atomic mass is 9.93. The van der Waals surface area contributed by atoms with Crippen molar-refractivity contribution in [2.24, 2.45) is 5.73 Å². The Labute approximate surface area is 90.1 Å². The van der Waals surface area contributed by atoms with Gasteiger partial charge in [0.15, 0.2) is 0 Å². The molecule has 15 heavy (non-hydrogen) atoms. The van der Waals surface area contributed by atoms with Crippen molar-refractivity contribution < 1.29 is 5.11 Å². The second-order valence-corrected chi connectivity index (χ2v) is 5.18. The number of hydrogen-bond donors (Lipinski definition) is 2. The van der Waals surface area contributed by atoms with Crippen molar-refractivity contribution >= 4 is 0 Å². The zero-order valence-electron chi connectivity index (χ0n) is 8.87. The van der Waals surface area contributed by atoms with E-state index in [1.54, 1.807) is 0 Å². The van der Waals surface area contributed by atoms with Crippen LogP contribution in [-0.2, 0) is 11.0 Å². The number of aliphatic hydroxyl groups excluding tert-OH is 1. The van der Waals surface area contributed by atoms with Gasteiger partial charge in [0.05, 0.1) is 6.61 Å². The molecule has 0 radical (unpaired) electrons. The highest BCUT2D eigenvalue weighted by molar-refractivity contribution is 5.39. The maximum absolute atomic E-state index is 9.39. The molecule has 1 aromatic carbocycles. The lowest BCUT2D eigenvalue weighted by molar-refractivity contribution is 0.255. The summed E-state index contributed by atoms with van der Waals surface area (Å²) >= 11 is 0. The van der Waals surface area contributed by atoms with Crippen molar-refractivity contribution in [2.45, 2.75) is 36.6 Å². The van der Waals surface area contributed by atoms with Gasteiger partial charge in [0.25, 0.3) is 0 Å². The number of aliphatic hydroxyl groups is 1. The van der Waals surface area contributed by atoms with E-state index in [-0.39, 0.29) is 17.6 Å². The lowest BCUT2D eigenvalue weighted by Crippen LogP contribution is -2.20. The van der Waals surface area contributed by atoms with Crippen LogP contribution in [0, 0.1) is 0 Å². The summed E-state index contributed by atoms with van der Waals surface area (Å²) < 4.78 is 0. The Kier molecular flexibility index (Phi) is 1.77. The van der Waals surface area contributed by atoms with Crippen LogP contribution in [0.15, 0.2) is 24.3 Å². The van der Waals surface area contributed by atoms with E-state index in [2.05, 4.69) is 24.3 Å². The highest BCUT2D eigenvalue weighted by Gasteiger charge is 2.45.